The molecule has 0 radical (unpaired) electrons. The zero-order valence-corrected chi connectivity index (χ0v) is 34.0. The first kappa shape index (κ1) is 42.3. The molecule has 0 unspecified atom stereocenters. The molecule has 7 rings (SSSR count). The second-order valence-corrected chi connectivity index (χ2v) is 17.1. The van der Waals surface area contributed by atoms with Crippen LogP contribution in [0.3, 0.4) is 0 Å². The number of hydrogen-bond acceptors (Lipinski definition) is 11. The van der Waals surface area contributed by atoms with Crippen molar-refractivity contribution in [1.29, 1.82) is 0 Å². The molecule has 0 aromatic carbocycles. The number of fused-ring (bicyclic) bond motifs is 1. The fraction of sp³-hybridized carbons (Fsp3) is 0.744. The van der Waals surface area contributed by atoms with Crippen LogP contribution in [0.4, 0.5) is 5.82 Å². The summed E-state index contributed by atoms with van der Waals surface area (Å²) in [6.07, 6.45) is 9.59. The second kappa shape index (κ2) is 16.3. The molecule has 2 saturated heterocycles. The Kier molecular flexibility index (Phi) is 12.8. The third kappa shape index (κ3) is 7.28. The topological polar surface area (TPSA) is 160 Å². The van der Waals surface area contributed by atoms with E-state index in [2.05, 4.69) is 47.2 Å². The molecule has 2 aromatic heterocycles. The summed E-state index contributed by atoms with van der Waals surface area (Å²) >= 11 is 0. The Bertz CT molecular complexity index is 1700. The lowest BCUT2D eigenvalue weighted by molar-refractivity contribution is -0.207. The predicted octanol–water partition coefficient (Wildman–Crippen LogP) is 4.04. The molecule has 300 valence electrons. The van der Waals surface area contributed by atoms with Gasteiger partial charge in [-0.2, -0.15) is 0 Å². The Labute approximate surface area is 331 Å². The number of anilines is 1. The van der Waals surface area contributed by atoms with Crippen molar-refractivity contribution in [2.24, 2.45) is 39.7 Å². The van der Waals surface area contributed by atoms with Crippen molar-refractivity contribution in [3.05, 3.63) is 25.3 Å². The van der Waals surface area contributed by atoms with Gasteiger partial charge in [0.2, 0.25) is 5.91 Å². The number of nitrogens with zero attached hydrogens (tertiary/aromatic N) is 7. The number of hydrogen-bond donors (Lipinski definition) is 2. The number of Topliss-reactive ketones (excluding diaryl/α,β-unsaturated/α-hetero) is 1. The van der Waals surface area contributed by atoms with E-state index in [9.17, 15) is 19.5 Å². The summed E-state index contributed by atoms with van der Waals surface area (Å²) < 4.78 is 8.38. The summed E-state index contributed by atoms with van der Waals surface area (Å²) in [5.41, 5.74) is 6.04. The van der Waals surface area contributed by atoms with Crippen LogP contribution in [-0.2, 0) is 25.7 Å². The largest absolute Gasteiger partial charge is 0.461 e. The van der Waals surface area contributed by atoms with Crippen LogP contribution in [0.5, 0.6) is 0 Å². The van der Waals surface area contributed by atoms with Gasteiger partial charge in [0.15, 0.2) is 17.0 Å². The number of ether oxygens (including phenoxy) is 1. The van der Waals surface area contributed by atoms with E-state index in [1.165, 1.54) is 0 Å². The Hall–Kier alpha value is -2.84. The van der Waals surface area contributed by atoms with Crippen LogP contribution in [0, 0.1) is 34.0 Å². The fourth-order valence-corrected chi connectivity index (χ4v) is 10.8. The maximum atomic E-state index is 13.8. The highest BCUT2D eigenvalue weighted by Gasteiger charge is 2.68. The molecular formula is C39H60Cl2N8O5. The Morgan fingerprint density at radius 1 is 1.04 bits per heavy atom. The van der Waals surface area contributed by atoms with Crippen LogP contribution in [0.1, 0.15) is 79.1 Å². The van der Waals surface area contributed by atoms with E-state index in [4.69, 9.17) is 10.5 Å². The lowest BCUT2D eigenvalue weighted by atomic mass is 9.44. The summed E-state index contributed by atoms with van der Waals surface area (Å²) in [4.78, 5) is 60.5. The SMILES string of the molecule is C=C[C@]1(C)C[C@@H](OC(=O)CN2CCN(C(=O)CCn3cnc4c(N5CCC(N)CC5)ncnc43)CC2)[C@]2(C)[C@H](C)CC[C@]3(CCC(=O)[C@H]32)[C@@H](C)[C@@H]1O.Cl.Cl. The maximum absolute atomic E-state index is 13.8. The number of amides is 1. The number of carbonyl (C=O) groups excluding carboxylic acids is 3. The van der Waals surface area contributed by atoms with Crippen LogP contribution in [0.2, 0.25) is 0 Å². The minimum absolute atomic E-state index is 0. The number of piperidine rings is 1. The van der Waals surface area contributed by atoms with E-state index in [0.717, 1.165) is 62.2 Å². The number of aryl methyl sites for hydroxylation is 1. The Morgan fingerprint density at radius 2 is 1.74 bits per heavy atom. The maximum Gasteiger partial charge on any atom is 0.320 e. The summed E-state index contributed by atoms with van der Waals surface area (Å²) in [6.45, 7) is 17.0. The first-order valence-electron chi connectivity index (χ1n) is 19.5. The molecule has 8 atom stereocenters. The van der Waals surface area contributed by atoms with Crippen molar-refractivity contribution in [2.75, 3.05) is 50.7 Å². The van der Waals surface area contributed by atoms with Gasteiger partial charge in [0.25, 0.3) is 0 Å². The summed E-state index contributed by atoms with van der Waals surface area (Å²) in [7, 11) is 0. The minimum atomic E-state index is -0.694. The van der Waals surface area contributed by atoms with Crippen molar-refractivity contribution < 1.29 is 24.2 Å². The summed E-state index contributed by atoms with van der Waals surface area (Å²) in [6, 6.07) is 0.220. The average molecular weight is 792 g/mol. The van der Waals surface area contributed by atoms with Crippen LogP contribution >= 0.6 is 24.8 Å². The van der Waals surface area contributed by atoms with Gasteiger partial charge >= 0.3 is 5.97 Å². The second-order valence-electron chi connectivity index (χ2n) is 17.1. The molecule has 3 N–H and O–H groups in total. The van der Waals surface area contributed by atoms with Gasteiger partial charge in [-0.05, 0) is 55.8 Å². The quantitative estimate of drug-likeness (QED) is 0.294. The van der Waals surface area contributed by atoms with E-state index in [1.807, 2.05) is 27.4 Å². The van der Waals surface area contributed by atoms with Gasteiger partial charge in [0, 0.05) is 81.4 Å². The molecule has 54 heavy (non-hydrogen) atoms. The van der Waals surface area contributed by atoms with E-state index in [-0.39, 0.29) is 78.2 Å². The molecule has 0 spiro atoms. The van der Waals surface area contributed by atoms with Crippen molar-refractivity contribution in [3.8, 4) is 0 Å². The van der Waals surface area contributed by atoms with Gasteiger partial charge in [-0.3, -0.25) is 19.3 Å². The number of piperazine rings is 1. The van der Waals surface area contributed by atoms with Gasteiger partial charge in [-0.15, -0.1) is 31.4 Å². The summed E-state index contributed by atoms with van der Waals surface area (Å²) in [5.74, 6) is 0.656. The number of ketones is 1. The smallest absolute Gasteiger partial charge is 0.320 e. The van der Waals surface area contributed by atoms with Gasteiger partial charge < -0.3 is 29.9 Å². The zero-order chi connectivity index (χ0) is 37.0. The zero-order valence-electron chi connectivity index (χ0n) is 32.3. The monoisotopic (exact) mass is 790 g/mol. The number of aromatic nitrogens is 4. The number of nitrogens with two attached hydrogens (primary N) is 1. The molecule has 5 fully saturated rings. The molecule has 3 saturated carbocycles. The number of rotatable bonds is 8. The summed E-state index contributed by atoms with van der Waals surface area (Å²) in [5, 5.41) is 11.8. The van der Waals surface area contributed by atoms with Crippen molar-refractivity contribution in [2.45, 2.75) is 104 Å². The lowest BCUT2D eigenvalue weighted by Gasteiger charge is -2.61. The third-order valence-corrected chi connectivity index (χ3v) is 14.4. The molecule has 2 aromatic rings. The minimum Gasteiger partial charge on any atom is -0.461 e. The van der Waals surface area contributed by atoms with E-state index >= 15 is 0 Å². The van der Waals surface area contributed by atoms with Gasteiger partial charge in [0.1, 0.15) is 18.2 Å². The lowest BCUT2D eigenvalue weighted by Crippen LogP contribution is -2.63. The van der Waals surface area contributed by atoms with E-state index in [1.54, 1.807) is 12.7 Å². The number of esters is 1. The van der Waals surface area contributed by atoms with Crippen LogP contribution < -0.4 is 10.6 Å². The number of imidazole rings is 1. The third-order valence-electron chi connectivity index (χ3n) is 14.4. The standard InChI is InChI=1S/C39H58N8O5.2ClH/c1-6-37(4)21-29(38(5)25(2)7-12-39(26(3)34(37)51)13-8-28(48)33(38)39)52-31(50)22-44-17-19-45(20-18-44)30(49)11-16-47-24-43-32-35(41-23-42-36(32)47)46-14-9-27(40)10-15-46;;/h6,23-27,29,33-34,51H,1,7-22,40H2,2-5H3;2*1H/t25-,26+,29-,33+,34+,37-,38+,39+;;/m1../s1. The number of aliphatic hydroxyl groups is 1. The molecule has 4 heterocycles. The molecule has 2 aliphatic heterocycles. The number of aliphatic hydroxyl groups excluding tert-OH is 1. The Morgan fingerprint density at radius 3 is 2.43 bits per heavy atom. The average Bonchev–Trinajstić information content (AvgIpc) is 3.73. The fourth-order valence-electron chi connectivity index (χ4n) is 10.8. The highest BCUT2D eigenvalue weighted by molar-refractivity contribution is 5.86. The Balaban J connectivity index is 0.00000280. The highest BCUT2D eigenvalue weighted by atomic mass is 35.5. The highest BCUT2D eigenvalue weighted by Crippen LogP contribution is 2.68. The molecule has 2 bridgehead atoms. The molecule has 15 heteroatoms. The number of carbonyl (C=O) groups is 3. The van der Waals surface area contributed by atoms with Gasteiger partial charge in [-0.1, -0.05) is 33.8 Å². The van der Waals surface area contributed by atoms with Crippen LogP contribution in [-0.4, -0.2) is 116 Å². The molecule has 1 amide bonds. The van der Waals surface area contributed by atoms with Crippen LogP contribution in [0.25, 0.3) is 11.2 Å². The van der Waals surface area contributed by atoms with E-state index in [0.29, 0.717) is 52.0 Å². The van der Waals surface area contributed by atoms with Crippen molar-refractivity contribution >= 4 is 59.5 Å². The van der Waals surface area contributed by atoms with E-state index < -0.39 is 23.0 Å². The predicted molar refractivity (Wildman–Crippen MR) is 212 cm³/mol. The first-order chi connectivity index (χ1) is 24.8. The molecule has 13 nitrogen and oxygen atoms in total. The van der Waals surface area contributed by atoms with Crippen LogP contribution in [0.15, 0.2) is 25.3 Å². The number of halogens is 2. The molecular weight excluding hydrogens is 731 g/mol. The molecule has 5 aliphatic rings. The van der Waals surface area contributed by atoms with Gasteiger partial charge in [-0.25, -0.2) is 15.0 Å². The first-order valence-corrected chi connectivity index (χ1v) is 19.5. The normalized spacial score (nSPS) is 34.6. The van der Waals surface area contributed by atoms with Gasteiger partial charge in [0.05, 0.1) is 19.0 Å². The van der Waals surface area contributed by atoms with Crippen molar-refractivity contribution in [1.82, 2.24) is 29.3 Å². The molecule has 3 aliphatic carbocycles. The van der Waals surface area contributed by atoms with Crippen molar-refractivity contribution in [3.63, 3.8) is 0 Å².